The number of amides is 1. The van der Waals surface area contributed by atoms with E-state index in [1.165, 1.54) is 11.1 Å². The third kappa shape index (κ3) is 2.63. The molecule has 0 spiro atoms. The standard InChI is InChI=1S/C17H21N3O2/c1-10(2)16-18-17(22-19-16)13-8-15(21)20(9-13)14-6-5-11(3)12(4)7-14/h5-7,10,13H,8-9H2,1-4H3. The summed E-state index contributed by atoms with van der Waals surface area (Å²) in [6, 6.07) is 6.10. The van der Waals surface area contributed by atoms with Crippen molar-refractivity contribution >= 4 is 11.6 Å². The lowest BCUT2D eigenvalue weighted by Crippen LogP contribution is -2.24. The molecular weight excluding hydrogens is 278 g/mol. The minimum absolute atomic E-state index is 0.0193. The zero-order chi connectivity index (χ0) is 15.9. The van der Waals surface area contributed by atoms with Crippen molar-refractivity contribution in [1.29, 1.82) is 0 Å². The number of hydrogen-bond donors (Lipinski definition) is 0. The fourth-order valence-corrected chi connectivity index (χ4v) is 2.66. The molecule has 3 rings (SSSR count). The van der Waals surface area contributed by atoms with Crippen LogP contribution in [0.5, 0.6) is 0 Å². The average molecular weight is 299 g/mol. The summed E-state index contributed by atoms with van der Waals surface area (Å²) in [5.41, 5.74) is 3.36. The van der Waals surface area contributed by atoms with Crippen LogP contribution in [-0.2, 0) is 4.79 Å². The Morgan fingerprint density at radius 1 is 1.27 bits per heavy atom. The largest absolute Gasteiger partial charge is 0.339 e. The summed E-state index contributed by atoms with van der Waals surface area (Å²) in [6.45, 7) is 8.77. The van der Waals surface area contributed by atoms with Gasteiger partial charge in [-0.2, -0.15) is 4.98 Å². The van der Waals surface area contributed by atoms with E-state index in [1.54, 1.807) is 0 Å². The summed E-state index contributed by atoms with van der Waals surface area (Å²) in [7, 11) is 0. The Morgan fingerprint density at radius 3 is 2.68 bits per heavy atom. The molecule has 0 saturated carbocycles. The molecule has 116 valence electrons. The van der Waals surface area contributed by atoms with Crippen molar-refractivity contribution in [3.8, 4) is 0 Å². The van der Waals surface area contributed by atoms with Gasteiger partial charge >= 0.3 is 0 Å². The van der Waals surface area contributed by atoms with Gasteiger partial charge in [0.1, 0.15) is 0 Å². The molecule has 1 aromatic heterocycles. The molecule has 1 aliphatic heterocycles. The van der Waals surface area contributed by atoms with Crippen molar-refractivity contribution in [3.05, 3.63) is 41.0 Å². The number of aromatic nitrogens is 2. The van der Waals surface area contributed by atoms with Crippen LogP contribution in [0.4, 0.5) is 5.69 Å². The highest BCUT2D eigenvalue weighted by Crippen LogP contribution is 2.32. The SMILES string of the molecule is Cc1ccc(N2CC(c3nc(C(C)C)no3)CC2=O)cc1C. The molecule has 2 heterocycles. The van der Waals surface area contributed by atoms with Gasteiger partial charge in [-0.05, 0) is 37.1 Å². The van der Waals surface area contributed by atoms with Crippen molar-refractivity contribution in [2.24, 2.45) is 0 Å². The van der Waals surface area contributed by atoms with Crippen molar-refractivity contribution in [2.75, 3.05) is 11.4 Å². The predicted molar refractivity (Wildman–Crippen MR) is 84.0 cm³/mol. The summed E-state index contributed by atoms with van der Waals surface area (Å²) in [5, 5.41) is 3.99. The Kier molecular flexibility index (Phi) is 3.72. The molecule has 1 atom stereocenters. The van der Waals surface area contributed by atoms with Crippen molar-refractivity contribution in [1.82, 2.24) is 10.1 Å². The predicted octanol–water partition coefficient (Wildman–Crippen LogP) is 3.33. The van der Waals surface area contributed by atoms with E-state index in [-0.39, 0.29) is 17.7 Å². The quantitative estimate of drug-likeness (QED) is 0.872. The van der Waals surface area contributed by atoms with E-state index in [1.807, 2.05) is 24.8 Å². The average Bonchev–Trinajstić information content (AvgIpc) is 3.08. The Hall–Kier alpha value is -2.17. The summed E-state index contributed by atoms with van der Waals surface area (Å²) in [4.78, 5) is 18.6. The van der Waals surface area contributed by atoms with Gasteiger partial charge in [0.2, 0.25) is 11.8 Å². The van der Waals surface area contributed by atoms with Crippen LogP contribution in [0.2, 0.25) is 0 Å². The third-order valence-corrected chi connectivity index (χ3v) is 4.25. The topological polar surface area (TPSA) is 59.2 Å². The van der Waals surface area contributed by atoms with Gasteiger partial charge in [0.15, 0.2) is 5.82 Å². The number of benzene rings is 1. The van der Waals surface area contributed by atoms with Gasteiger partial charge < -0.3 is 9.42 Å². The Morgan fingerprint density at radius 2 is 2.05 bits per heavy atom. The second-order valence-corrected chi connectivity index (χ2v) is 6.32. The second kappa shape index (κ2) is 5.55. The maximum absolute atomic E-state index is 12.3. The van der Waals surface area contributed by atoms with E-state index in [0.29, 0.717) is 24.7 Å². The highest BCUT2D eigenvalue weighted by molar-refractivity contribution is 5.96. The van der Waals surface area contributed by atoms with Crippen molar-refractivity contribution in [2.45, 2.75) is 46.0 Å². The minimum atomic E-state index is -0.0193. The second-order valence-electron chi connectivity index (χ2n) is 6.32. The van der Waals surface area contributed by atoms with Crippen LogP contribution in [0.1, 0.15) is 54.9 Å². The molecule has 1 unspecified atom stereocenters. The monoisotopic (exact) mass is 299 g/mol. The Labute approximate surface area is 130 Å². The molecule has 5 nitrogen and oxygen atoms in total. The van der Waals surface area contributed by atoms with Gasteiger partial charge in [-0.3, -0.25) is 4.79 Å². The molecule has 1 aromatic carbocycles. The Balaban J connectivity index is 1.81. The lowest BCUT2D eigenvalue weighted by Gasteiger charge is -2.17. The summed E-state index contributed by atoms with van der Waals surface area (Å²) in [5.74, 6) is 1.59. The van der Waals surface area contributed by atoms with E-state index in [9.17, 15) is 4.79 Å². The molecule has 0 bridgehead atoms. The van der Waals surface area contributed by atoms with Gasteiger partial charge in [0.25, 0.3) is 0 Å². The molecule has 0 aliphatic carbocycles. The molecule has 2 aromatic rings. The van der Waals surface area contributed by atoms with Crippen LogP contribution in [0, 0.1) is 13.8 Å². The van der Waals surface area contributed by atoms with Crippen molar-refractivity contribution < 1.29 is 9.32 Å². The molecule has 22 heavy (non-hydrogen) atoms. The van der Waals surface area contributed by atoms with E-state index in [2.05, 4.69) is 36.1 Å². The normalized spacial score (nSPS) is 18.5. The van der Waals surface area contributed by atoms with E-state index in [4.69, 9.17) is 4.52 Å². The fourth-order valence-electron chi connectivity index (χ4n) is 2.66. The van der Waals surface area contributed by atoms with E-state index in [0.717, 1.165) is 5.69 Å². The summed E-state index contributed by atoms with van der Waals surface area (Å²) < 4.78 is 5.35. The number of carbonyl (C=O) groups excluding carboxylic acids is 1. The highest BCUT2D eigenvalue weighted by Gasteiger charge is 2.35. The van der Waals surface area contributed by atoms with Crippen molar-refractivity contribution in [3.63, 3.8) is 0 Å². The smallest absolute Gasteiger partial charge is 0.232 e. The number of aryl methyl sites for hydroxylation is 2. The van der Waals surface area contributed by atoms with E-state index < -0.39 is 0 Å². The number of rotatable bonds is 3. The molecule has 1 amide bonds. The number of anilines is 1. The molecule has 1 fully saturated rings. The van der Waals surface area contributed by atoms with Crippen LogP contribution >= 0.6 is 0 Å². The molecular formula is C17H21N3O2. The van der Waals surface area contributed by atoms with Crippen LogP contribution < -0.4 is 4.90 Å². The lowest BCUT2D eigenvalue weighted by molar-refractivity contribution is -0.117. The van der Waals surface area contributed by atoms with Crippen LogP contribution in [0.3, 0.4) is 0 Å². The van der Waals surface area contributed by atoms with Gasteiger partial charge in [-0.25, -0.2) is 0 Å². The first-order chi connectivity index (χ1) is 10.5. The van der Waals surface area contributed by atoms with Gasteiger partial charge in [0.05, 0.1) is 5.92 Å². The van der Waals surface area contributed by atoms with Gasteiger partial charge in [-0.15, -0.1) is 0 Å². The first-order valence-electron chi connectivity index (χ1n) is 7.67. The summed E-state index contributed by atoms with van der Waals surface area (Å²) in [6.07, 6.45) is 0.423. The highest BCUT2D eigenvalue weighted by atomic mass is 16.5. The minimum Gasteiger partial charge on any atom is -0.339 e. The zero-order valence-corrected chi connectivity index (χ0v) is 13.5. The van der Waals surface area contributed by atoms with Crippen LogP contribution in [-0.4, -0.2) is 22.6 Å². The first kappa shape index (κ1) is 14.8. The summed E-state index contributed by atoms with van der Waals surface area (Å²) >= 11 is 0. The van der Waals surface area contributed by atoms with Gasteiger partial charge in [0, 0.05) is 24.6 Å². The fraction of sp³-hybridized carbons (Fsp3) is 0.471. The third-order valence-electron chi connectivity index (χ3n) is 4.25. The number of carbonyl (C=O) groups is 1. The van der Waals surface area contributed by atoms with Crippen LogP contribution in [0.25, 0.3) is 0 Å². The Bertz CT molecular complexity index is 706. The molecule has 0 radical (unpaired) electrons. The van der Waals surface area contributed by atoms with E-state index >= 15 is 0 Å². The molecule has 1 saturated heterocycles. The number of hydrogen-bond acceptors (Lipinski definition) is 4. The first-order valence-corrected chi connectivity index (χ1v) is 7.67. The molecule has 5 heteroatoms. The number of nitrogens with zero attached hydrogens (tertiary/aromatic N) is 3. The molecule has 1 aliphatic rings. The maximum Gasteiger partial charge on any atom is 0.232 e. The molecule has 0 N–H and O–H groups in total. The van der Waals surface area contributed by atoms with Crippen LogP contribution in [0.15, 0.2) is 22.7 Å². The lowest BCUT2D eigenvalue weighted by atomic mass is 10.1. The maximum atomic E-state index is 12.3. The zero-order valence-electron chi connectivity index (χ0n) is 13.5. The van der Waals surface area contributed by atoms with Gasteiger partial charge in [-0.1, -0.05) is 25.1 Å².